The van der Waals surface area contributed by atoms with Gasteiger partial charge in [-0.25, -0.2) is 13.2 Å². The summed E-state index contributed by atoms with van der Waals surface area (Å²) in [7, 11) is -2.99. The van der Waals surface area contributed by atoms with Gasteiger partial charge >= 0.3 is 5.97 Å². The van der Waals surface area contributed by atoms with Crippen LogP contribution in [0.15, 0.2) is 18.2 Å². The van der Waals surface area contributed by atoms with E-state index in [1.54, 1.807) is 6.92 Å². The van der Waals surface area contributed by atoms with Gasteiger partial charge in [0.2, 0.25) is 0 Å². The molecule has 0 amide bonds. The molecule has 0 aromatic heterocycles. The van der Waals surface area contributed by atoms with Crippen molar-refractivity contribution in [2.75, 3.05) is 18.1 Å². The highest BCUT2D eigenvalue weighted by molar-refractivity contribution is 7.92. The van der Waals surface area contributed by atoms with E-state index in [9.17, 15) is 18.0 Å². The molecule has 0 unspecified atom stereocenters. The predicted octanol–water partition coefficient (Wildman–Crippen LogP) is 1.26. The van der Waals surface area contributed by atoms with Crippen LogP contribution in [0.25, 0.3) is 0 Å². The largest absolute Gasteiger partial charge is 0.487 e. The number of hydrogen-bond acceptors (Lipinski definition) is 6. The van der Waals surface area contributed by atoms with E-state index in [0.717, 1.165) is 0 Å². The average molecular weight is 333 g/mol. The molecule has 1 heterocycles. The number of rotatable bonds is 5. The van der Waals surface area contributed by atoms with Crippen LogP contribution in [-0.4, -0.2) is 44.4 Å². The maximum Gasteiger partial charge on any atom is 0.379 e. The summed E-state index contributed by atoms with van der Waals surface area (Å²) in [5.41, 5.74) is 0.0898. The molecule has 1 aromatic rings. The average Bonchev–Trinajstić information content (AvgIpc) is 2.38. The summed E-state index contributed by atoms with van der Waals surface area (Å²) in [6.45, 7) is 1.71. The molecule has 0 spiro atoms. The third kappa shape index (κ3) is 3.74. The van der Waals surface area contributed by atoms with Gasteiger partial charge < -0.3 is 9.47 Å². The van der Waals surface area contributed by atoms with Crippen molar-refractivity contribution in [2.24, 2.45) is 0 Å². The number of ether oxygens (including phenoxy) is 2. The number of Topliss-reactive ketones (excluding diaryl/α,β-unsaturated/α-hetero) is 1. The van der Waals surface area contributed by atoms with Crippen molar-refractivity contribution in [3.05, 3.63) is 28.8 Å². The fourth-order valence-electron chi connectivity index (χ4n) is 1.82. The Morgan fingerprint density at radius 2 is 2.00 bits per heavy atom. The molecule has 1 saturated heterocycles. The third-order valence-corrected chi connectivity index (χ3v) is 4.88. The Bertz CT molecular complexity index is 670. The second-order valence-corrected chi connectivity index (χ2v) is 7.07. The van der Waals surface area contributed by atoms with Crippen molar-refractivity contribution in [1.82, 2.24) is 0 Å². The summed E-state index contributed by atoms with van der Waals surface area (Å²) in [5.74, 6) is -1.57. The van der Waals surface area contributed by atoms with Crippen LogP contribution in [0.3, 0.4) is 0 Å². The van der Waals surface area contributed by atoms with Crippen molar-refractivity contribution in [2.45, 2.75) is 13.0 Å². The van der Waals surface area contributed by atoms with Gasteiger partial charge in [0.15, 0.2) is 9.84 Å². The second-order valence-electron chi connectivity index (χ2n) is 4.51. The number of hydrogen-bond donors (Lipinski definition) is 0. The van der Waals surface area contributed by atoms with Crippen LogP contribution in [0.2, 0.25) is 5.02 Å². The Labute approximate surface area is 126 Å². The van der Waals surface area contributed by atoms with Gasteiger partial charge in [0.1, 0.15) is 11.9 Å². The lowest BCUT2D eigenvalue weighted by Crippen LogP contribution is -2.45. The first kappa shape index (κ1) is 15.8. The molecule has 8 heteroatoms. The second kappa shape index (κ2) is 6.03. The zero-order chi connectivity index (χ0) is 15.6. The smallest absolute Gasteiger partial charge is 0.379 e. The number of ketones is 1. The Hall–Kier alpha value is -1.60. The van der Waals surface area contributed by atoms with E-state index < -0.39 is 27.7 Å². The molecule has 1 aromatic carbocycles. The topological polar surface area (TPSA) is 86.7 Å². The number of carbonyl (C=O) groups excluding carboxylic acids is 2. The first-order chi connectivity index (χ1) is 9.82. The van der Waals surface area contributed by atoms with Crippen LogP contribution in [0.5, 0.6) is 5.75 Å². The van der Waals surface area contributed by atoms with Gasteiger partial charge in [0, 0.05) is 5.56 Å². The first-order valence-electron chi connectivity index (χ1n) is 6.20. The molecule has 2 rings (SSSR count). The maximum absolute atomic E-state index is 11.7. The quantitative estimate of drug-likeness (QED) is 0.458. The van der Waals surface area contributed by atoms with Gasteiger partial charge in [-0.15, -0.1) is 0 Å². The summed E-state index contributed by atoms with van der Waals surface area (Å²) in [6, 6.07) is 4.11. The lowest BCUT2D eigenvalue weighted by atomic mass is 10.1. The van der Waals surface area contributed by atoms with E-state index in [4.69, 9.17) is 16.3 Å². The Morgan fingerprint density at radius 3 is 2.52 bits per heavy atom. The minimum absolute atomic E-state index is 0.0488. The molecule has 0 radical (unpaired) electrons. The summed E-state index contributed by atoms with van der Waals surface area (Å²) in [5, 5.41) is 0.134. The van der Waals surface area contributed by atoms with Crippen molar-refractivity contribution >= 4 is 33.2 Å². The van der Waals surface area contributed by atoms with Gasteiger partial charge in [-0.05, 0) is 25.1 Å². The summed E-state index contributed by atoms with van der Waals surface area (Å²) >= 11 is 5.97. The van der Waals surface area contributed by atoms with Crippen LogP contribution >= 0.6 is 11.6 Å². The molecule has 0 bridgehead atoms. The predicted molar refractivity (Wildman–Crippen MR) is 75.5 cm³/mol. The van der Waals surface area contributed by atoms with E-state index in [-0.39, 0.29) is 34.4 Å². The Kier molecular flexibility index (Phi) is 4.53. The first-order valence-corrected chi connectivity index (χ1v) is 8.40. The van der Waals surface area contributed by atoms with Gasteiger partial charge in [-0.3, -0.25) is 4.79 Å². The Morgan fingerprint density at radius 1 is 1.33 bits per heavy atom. The van der Waals surface area contributed by atoms with Crippen LogP contribution in [-0.2, 0) is 19.4 Å². The zero-order valence-electron chi connectivity index (χ0n) is 11.2. The number of halogens is 1. The highest BCUT2D eigenvalue weighted by atomic mass is 35.5. The normalized spacial score (nSPS) is 16.9. The van der Waals surface area contributed by atoms with Crippen molar-refractivity contribution < 1.29 is 27.5 Å². The molecular weight excluding hydrogens is 320 g/mol. The SMILES string of the molecule is CCOC(=O)C(=O)c1ccc(OC2CS(=O)(=O)C2)c(Cl)c1. The zero-order valence-corrected chi connectivity index (χ0v) is 12.7. The van der Waals surface area contributed by atoms with E-state index in [1.807, 2.05) is 0 Å². The van der Waals surface area contributed by atoms with E-state index in [1.165, 1.54) is 18.2 Å². The summed E-state index contributed by atoms with van der Waals surface area (Å²) < 4.78 is 32.1. The van der Waals surface area contributed by atoms with Crippen molar-refractivity contribution in [1.29, 1.82) is 0 Å². The van der Waals surface area contributed by atoms with Gasteiger partial charge in [-0.2, -0.15) is 0 Å². The monoisotopic (exact) mass is 332 g/mol. The maximum atomic E-state index is 11.7. The van der Waals surface area contributed by atoms with Gasteiger partial charge in [-0.1, -0.05) is 11.6 Å². The lowest BCUT2D eigenvalue weighted by molar-refractivity contribution is -0.137. The van der Waals surface area contributed by atoms with Crippen LogP contribution in [0.1, 0.15) is 17.3 Å². The molecule has 0 N–H and O–H groups in total. The highest BCUT2D eigenvalue weighted by Crippen LogP contribution is 2.29. The Balaban J connectivity index is 2.07. The minimum Gasteiger partial charge on any atom is -0.487 e. The van der Waals surface area contributed by atoms with Gasteiger partial charge in [0.25, 0.3) is 5.78 Å². The summed E-state index contributed by atoms with van der Waals surface area (Å²) in [6.07, 6.45) is -0.431. The van der Waals surface area contributed by atoms with Crippen molar-refractivity contribution in [3.8, 4) is 5.75 Å². The molecular formula is C13H13ClO6S. The lowest BCUT2D eigenvalue weighted by Gasteiger charge is -2.26. The highest BCUT2D eigenvalue weighted by Gasteiger charge is 2.35. The van der Waals surface area contributed by atoms with Crippen LogP contribution in [0, 0.1) is 0 Å². The molecule has 0 saturated carbocycles. The molecule has 21 heavy (non-hydrogen) atoms. The molecule has 6 nitrogen and oxygen atoms in total. The minimum atomic E-state index is -2.99. The molecule has 1 aliphatic rings. The van der Waals surface area contributed by atoms with Crippen LogP contribution < -0.4 is 4.74 Å². The summed E-state index contributed by atoms with van der Waals surface area (Å²) in [4.78, 5) is 23.1. The number of benzene rings is 1. The molecule has 0 atom stereocenters. The van der Waals surface area contributed by atoms with Crippen molar-refractivity contribution in [3.63, 3.8) is 0 Å². The van der Waals surface area contributed by atoms with E-state index in [2.05, 4.69) is 4.74 Å². The third-order valence-electron chi connectivity index (χ3n) is 2.83. The van der Waals surface area contributed by atoms with E-state index in [0.29, 0.717) is 0 Å². The molecule has 0 aliphatic carbocycles. The standard InChI is InChI=1S/C13H13ClO6S/c1-2-19-13(16)12(15)8-3-4-11(10(14)5-8)20-9-6-21(17,18)7-9/h3-5,9H,2,6-7H2,1H3. The molecule has 1 fully saturated rings. The fourth-order valence-corrected chi connectivity index (χ4v) is 3.21. The molecule has 1 aliphatic heterocycles. The number of carbonyl (C=O) groups is 2. The van der Waals surface area contributed by atoms with Gasteiger partial charge in [0.05, 0.1) is 23.1 Å². The number of sulfone groups is 1. The van der Waals surface area contributed by atoms with Crippen LogP contribution in [0.4, 0.5) is 0 Å². The molecule has 114 valence electrons. The fraction of sp³-hybridized carbons (Fsp3) is 0.385. The van der Waals surface area contributed by atoms with E-state index >= 15 is 0 Å². The number of esters is 1.